The Balaban J connectivity index is 2.96. The van der Waals surface area contributed by atoms with Crippen LogP contribution in [0.2, 0.25) is 0 Å². The Labute approximate surface area is 124 Å². The number of rotatable bonds is 6. The van der Waals surface area contributed by atoms with E-state index in [1.165, 1.54) is 6.07 Å². The highest BCUT2D eigenvalue weighted by Crippen LogP contribution is 2.28. The van der Waals surface area contributed by atoms with Crippen molar-refractivity contribution in [2.24, 2.45) is 11.3 Å². The zero-order chi connectivity index (χ0) is 15.7. The molecule has 114 valence electrons. The first-order chi connectivity index (χ1) is 8.97. The molecule has 0 saturated heterocycles. The van der Waals surface area contributed by atoms with Gasteiger partial charge in [-0.15, -0.1) is 11.3 Å². The van der Waals surface area contributed by atoms with Gasteiger partial charge in [0.25, 0.3) is 0 Å². The largest absolute Gasteiger partial charge is 0.477 e. The van der Waals surface area contributed by atoms with Gasteiger partial charge >= 0.3 is 5.97 Å². The monoisotopic (exact) mass is 319 g/mol. The minimum atomic E-state index is -3.66. The molecule has 1 aromatic heterocycles. The standard InChI is InChI=1S/C13H21NO4S2/c1-8(2)13(4,5)7-14-20(17,18)10-6-9(3)11(19-10)12(15)16/h6,8,14H,7H2,1-5H3,(H,15,16). The predicted molar refractivity (Wildman–Crippen MR) is 79.8 cm³/mol. The van der Waals surface area contributed by atoms with E-state index in [1.807, 2.05) is 27.7 Å². The summed E-state index contributed by atoms with van der Waals surface area (Å²) in [7, 11) is -3.66. The average molecular weight is 319 g/mol. The van der Waals surface area contributed by atoms with E-state index >= 15 is 0 Å². The summed E-state index contributed by atoms with van der Waals surface area (Å²) in [6.07, 6.45) is 0. The van der Waals surface area contributed by atoms with E-state index in [2.05, 4.69) is 4.72 Å². The third-order valence-electron chi connectivity index (χ3n) is 3.64. The number of hydrogen-bond acceptors (Lipinski definition) is 4. The van der Waals surface area contributed by atoms with E-state index in [0.717, 1.165) is 11.3 Å². The van der Waals surface area contributed by atoms with Crippen LogP contribution in [0, 0.1) is 18.3 Å². The second-order valence-corrected chi connectivity index (χ2v) is 8.90. The van der Waals surface area contributed by atoms with Crippen molar-refractivity contribution < 1.29 is 18.3 Å². The van der Waals surface area contributed by atoms with Gasteiger partial charge in [0.15, 0.2) is 0 Å². The van der Waals surface area contributed by atoms with Crippen LogP contribution < -0.4 is 4.72 Å². The minimum Gasteiger partial charge on any atom is -0.477 e. The lowest BCUT2D eigenvalue weighted by Crippen LogP contribution is -2.36. The van der Waals surface area contributed by atoms with Gasteiger partial charge in [0.2, 0.25) is 10.0 Å². The number of aryl methyl sites for hydroxylation is 1. The lowest BCUT2D eigenvalue weighted by molar-refractivity contribution is 0.0701. The number of sulfonamides is 1. The van der Waals surface area contributed by atoms with Gasteiger partial charge in [-0.1, -0.05) is 27.7 Å². The van der Waals surface area contributed by atoms with Crippen LogP contribution in [0.1, 0.15) is 42.9 Å². The number of carbonyl (C=O) groups is 1. The third-order valence-corrected chi connectivity index (χ3v) is 6.73. The van der Waals surface area contributed by atoms with E-state index in [-0.39, 0.29) is 14.5 Å². The molecule has 0 aliphatic heterocycles. The maximum absolute atomic E-state index is 12.2. The lowest BCUT2D eigenvalue weighted by Gasteiger charge is -2.29. The quantitative estimate of drug-likeness (QED) is 0.844. The van der Waals surface area contributed by atoms with Crippen LogP contribution in [0.5, 0.6) is 0 Å². The summed E-state index contributed by atoms with van der Waals surface area (Å²) in [6, 6.07) is 1.40. The molecule has 0 radical (unpaired) electrons. The molecule has 7 heteroatoms. The molecule has 0 unspecified atom stereocenters. The molecule has 20 heavy (non-hydrogen) atoms. The summed E-state index contributed by atoms with van der Waals surface area (Å²) in [5.41, 5.74) is 0.292. The van der Waals surface area contributed by atoms with Gasteiger partial charge < -0.3 is 5.11 Å². The van der Waals surface area contributed by atoms with Crippen molar-refractivity contribution in [3.05, 3.63) is 16.5 Å². The molecular weight excluding hydrogens is 298 g/mol. The van der Waals surface area contributed by atoms with Crippen molar-refractivity contribution in [1.29, 1.82) is 0 Å². The highest BCUT2D eigenvalue weighted by Gasteiger charge is 2.27. The molecule has 0 spiro atoms. The molecule has 1 heterocycles. The molecule has 0 amide bonds. The molecular formula is C13H21NO4S2. The summed E-state index contributed by atoms with van der Waals surface area (Å²) in [4.78, 5) is 11.0. The van der Waals surface area contributed by atoms with E-state index in [4.69, 9.17) is 5.11 Å². The molecule has 1 aromatic rings. The summed E-state index contributed by atoms with van der Waals surface area (Å²) in [5, 5.41) is 8.97. The van der Waals surface area contributed by atoms with Crippen LogP contribution in [0.25, 0.3) is 0 Å². The molecule has 0 aliphatic rings. The van der Waals surface area contributed by atoms with Crippen LogP contribution in [0.4, 0.5) is 0 Å². The first-order valence-corrected chi connectivity index (χ1v) is 8.61. The fourth-order valence-corrected chi connectivity index (χ4v) is 4.00. The zero-order valence-electron chi connectivity index (χ0n) is 12.4. The van der Waals surface area contributed by atoms with Crippen molar-refractivity contribution in [1.82, 2.24) is 4.72 Å². The van der Waals surface area contributed by atoms with E-state index < -0.39 is 16.0 Å². The molecule has 0 saturated carbocycles. The number of carboxylic acid groups (broad SMARTS) is 1. The summed E-state index contributed by atoms with van der Waals surface area (Å²) in [5.74, 6) is -0.777. The van der Waals surface area contributed by atoms with Gasteiger partial charge in [0.05, 0.1) is 0 Å². The maximum atomic E-state index is 12.2. The summed E-state index contributed by atoms with van der Waals surface area (Å²) in [6.45, 7) is 9.95. The van der Waals surface area contributed by atoms with Crippen molar-refractivity contribution in [2.45, 2.75) is 38.8 Å². The second-order valence-electron chi connectivity index (χ2n) is 5.85. The minimum absolute atomic E-state index is 0.0481. The average Bonchev–Trinajstić information content (AvgIpc) is 2.70. The fraction of sp³-hybridized carbons (Fsp3) is 0.615. The van der Waals surface area contributed by atoms with Gasteiger partial charge in [-0.05, 0) is 29.9 Å². The van der Waals surface area contributed by atoms with E-state index in [9.17, 15) is 13.2 Å². The first kappa shape index (κ1) is 17.1. The molecule has 5 nitrogen and oxygen atoms in total. The molecule has 2 N–H and O–H groups in total. The van der Waals surface area contributed by atoms with Crippen molar-refractivity contribution in [3.8, 4) is 0 Å². The number of carboxylic acids is 1. The highest BCUT2D eigenvalue weighted by atomic mass is 32.2. The molecule has 0 bridgehead atoms. The van der Waals surface area contributed by atoms with E-state index in [1.54, 1.807) is 6.92 Å². The lowest BCUT2D eigenvalue weighted by atomic mass is 9.81. The normalized spacial score (nSPS) is 12.9. The Morgan fingerprint density at radius 1 is 1.45 bits per heavy atom. The summed E-state index contributed by atoms with van der Waals surface area (Å²) < 4.78 is 27.0. The number of hydrogen-bond donors (Lipinski definition) is 2. The van der Waals surface area contributed by atoms with Gasteiger partial charge in [-0.3, -0.25) is 0 Å². The SMILES string of the molecule is Cc1cc(S(=O)(=O)NCC(C)(C)C(C)C)sc1C(=O)O. The van der Waals surface area contributed by atoms with Crippen LogP contribution in [-0.4, -0.2) is 26.0 Å². The zero-order valence-corrected chi connectivity index (χ0v) is 14.0. The Hall–Kier alpha value is -0.920. The smallest absolute Gasteiger partial charge is 0.346 e. The van der Waals surface area contributed by atoms with Crippen molar-refractivity contribution >= 4 is 27.3 Å². The fourth-order valence-electron chi connectivity index (χ4n) is 1.35. The topological polar surface area (TPSA) is 83.5 Å². The van der Waals surface area contributed by atoms with Gasteiger partial charge in [0, 0.05) is 6.54 Å². The van der Waals surface area contributed by atoms with Crippen molar-refractivity contribution in [2.75, 3.05) is 6.54 Å². The molecule has 0 aliphatic carbocycles. The maximum Gasteiger partial charge on any atom is 0.346 e. The van der Waals surface area contributed by atoms with Gasteiger partial charge in [-0.2, -0.15) is 0 Å². The summed E-state index contributed by atoms with van der Waals surface area (Å²) >= 11 is 0.784. The Kier molecular flexibility index (Phi) is 4.99. The van der Waals surface area contributed by atoms with Crippen LogP contribution >= 0.6 is 11.3 Å². The second kappa shape index (κ2) is 5.83. The van der Waals surface area contributed by atoms with Crippen LogP contribution in [0.15, 0.2) is 10.3 Å². The molecule has 1 rings (SSSR count). The van der Waals surface area contributed by atoms with Crippen LogP contribution in [0.3, 0.4) is 0 Å². The van der Waals surface area contributed by atoms with Crippen LogP contribution in [-0.2, 0) is 10.0 Å². The molecule has 0 atom stereocenters. The number of thiophene rings is 1. The third kappa shape index (κ3) is 3.80. The van der Waals surface area contributed by atoms with Gasteiger partial charge in [-0.25, -0.2) is 17.9 Å². The van der Waals surface area contributed by atoms with E-state index in [0.29, 0.717) is 18.0 Å². The van der Waals surface area contributed by atoms with Gasteiger partial charge in [0.1, 0.15) is 9.09 Å². The first-order valence-electron chi connectivity index (χ1n) is 6.31. The Bertz CT molecular complexity index is 600. The molecule has 0 aromatic carbocycles. The number of aromatic carboxylic acids is 1. The van der Waals surface area contributed by atoms with Crippen molar-refractivity contribution in [3.63, 3.8) is 0 Å². The highest BCUT2D eigenvalue weighted by molar-refractivity contribution is 7.91. The molecule has 0 fully saturated rings. The predicted octanol–water partition coefficient (Wildman–Crippen LogP) is 2.72. The Morgan fingerprint density at radius 2 is 2.00 bits per heavy atom. The number of nitrogens with one attached hydrogen (secondary N) is 1. The Morgan fingerprint density at radius 3 is 2.40 bits per heavy atom.